The van der Waals surface area contributed by atoms with Gasteiger partial charge >= 0.3 is 5.97 Å². The van der Waals surface area contributed by atoms with Gasteiger partial charge in [0, 0.05) is 44.6 Å². The van der Waals surface area contributed by atoms with E-state index in [1.54, 1.807) is 0 Å². The van der Waals surface area contributed by atoms with Crippen LogP contribution in [0.4, 0.5) is 0 Å². The summed E-state index contributed by atoms with van der Waals surface area (Å²) in [5.74, 6) is -0.248. The van der Waals surface area contributed by atoms with Crippen LogP contribution in [-0.2, 0) is 20.9 Å². The molecule has 2 aliphatic heterocycles. The molecule has 2 heterocycles. The van der Waals surface area contributed by atoms with Crippen LogP contribution in [-0.4, -0.2) is 55.0 Å². The second-order valence-electron chi connectivity index (χ2n) is 8.35. The van der Waals surface area contributed by atoms with Gasteiger partial charge in [0.05, 0.1) is 13.5 Å². The van der Waals surface area contributed by atoms with Crippen LogP contribution in [0.2, 0.25) is 0 Å². The number of carbonyl (C=O) groups is 2. The average molecular weight is 392 g/mol. The molecule has 0 unspecified atom stereocenters. The van der Waals surface area contributed by atoms with Crippen molar-refractivity contribution in [2.45, 2.75) is 25.8 Å². The first-order chi connectivity index (χ1) is 14.1. The number of esters is 1. The molecular weight excluding hydrogens is 364 g/mol. The summed E-state index contributed by atoms with van der Waals surface area (Å²) in [6.45, 7) is 4.64. The van der Waals surface area contributed by atoms with Gasteiger partial charge in [-0.1, -0.05) is 54.6 Å². The number of ether oxygens (including phenoxy) is 1. The van der Waals surface area contributed by atoms with Crippen molar-refractivity contribution >= 4 is 11.9 Å². The van der Waals surface area contributed by atoms with Crippen LogP contribution in [0.15, 0.2) is 54.6 Å². The maximum atomic E-state index is 12.3. The Bertz CT molecular complexity index is 857. The smallest absolute Gasteiger partial charge is 0.306 e. The number of hydrogen-bond acceptors (Lipinski definition) is 4. The number of amides is 1. The van der Waals surface area contributed by atoms with Crippen LogP contribution in [0.5, 0.6) is 0 Å². The quantitative estimate of drug-likeness (QED) is 0.708. The highest BCUT2D eigenvalue weighted by molar-refractivity contribution is 5.81. The lowest BCUT2D eigenvalue weighted by Crippen LogP contribution is -2.57. The van der Waals surface area contributed by atoms with Gasteiger partial charge in [-0.15, -0.1) is 0 Å². The largest absolute Gasteiger partial charge is 0.469 e. The normalized spacial score (nSPS) is 17.9. The van der Waals surface area contributed by atoms with Crippen LogP contribution < -0.4 is 0 Å². The lowest BCUT2D eigenvalue weighted by atomic mass is 9.79. The molecule has 0 atom stereocenters. The van der Waals surface area contributed by atoms with E-state index in [0.29, 0.717) is 0 Å². The van der Waals surface area contributed by atoms with E-state index in [1.807, 2.05) is 11.0 Å². The van der Waals surface area contributed by atoms with E-state index < -0.39 is 0 Å². The predicted molar refractivity (Wildman–Crippen MR) is 112 cm³/mol. The highest BCUT2D eigenvalue weighted by atomic mass is 16.5. The van der Waals surface area contributed by atoms with Crippen LogP contribution in [0.3, 0.4) is 0 Å². The first-order valence-electron chi connectivity index (χ1n) is 10.3. The molecule has 4 rings (SSSR count). The number of methoxy groups -OCH3 is 1. The summed E-state index contributed by atoms with van der Waals surface area (Å²) in [7, 11) is 1.36. The van der Waals surface area contributed by atoms with Crippen molar-refractivity contribution in [1.82, 2.24) is 9.80 Å². The van der Waals surface area contributed by atoms with E-state index in [2.05, 4.69) is 58.2 Å². The molecule has 0 radical (unpaired) electrons. The van der Waals surface area contributed by atoms with Crippen molar-refractivity contribution in [3.05, 3.63) is 60.2 Å². The fourth-order valence-corrected chi connectivity index (χ4v) is 4.58. The van der Waals surface area contributed by atoms with Gasteiger partial charge in [0.2, 0.25) is 5.91 Å². The van der Waals surface area contributed by atoms with Gasteiger partial charge in [-0.2, -0.15) is 0 Å². The number of benzene rings is 2. The fraction of sp³-hybridized carbons (Fsp3) is 0.417. The zero-order valence-electron chi connectivity index (χ0n) is 17.0. The van der Waals surface area contributed by atoms with Crippen molar-refractivity contribution < 1.29 is 14.3 Å². The van der Waals surface area contributed by atoms with E-state index in [1.165, 1.54) is 23.8 Å². The predicted octanol–water partition coefficient (Wildman–Crippen LogP) is 3.34. The Morgan fingerprint density at radius 1 is 0.931 bits per heavy atom. The fourth-order valence-electron chi connectivity index (χ4n) is 4.58. The topological polar surface area (TPSA) is 49.9 Å². The maximum absolute atomic E-state index is 12.3. The monoisotopic (exact) mass is 392 g/mol. The Kier molecular flexibility index (Phi) is 5.67. The Morgan fingerprint density at radius 2 is 1.62 bits per heavy atom. The Labute approximate surface area is 172 Å². The van der Waals surface area contributed by atoms with Crippen molar-refractivity contribution in [2.24, 2.45) is 5.41 Å². The molecule has 1 amide bonds. The minimum atomic E-state index is -0.319. The highest BCUT2D eigenvalue weighted by Gasteiger charge is 2.48. The molecule has 1 spiro atoms. The molecule has 2 aliphatic rings. The number of rotatable bonds is 6. The van der Waals surface area contributed by atoms with Crippen LogP contribution in [0, 0.1) is 5.41 Å². The highest BCUT2D eigenvalue weighted by Crippen LogP contribution is 2.40. The standard InChI is InChI=1S/C24H28N2O3/c1-29-23(28)12-11-22(27)26-14-13-24(18-26)16-25(17-24)15-19-7-9-21(10-8-19)20-5-3-2-4-6-20/h2-10H,11-18H2,1H3. The summed E-state index contributed by atoms with van der Waals surface area (Å²) >= 11 is 0. The molecule has 29 heavy (non-hydrogen) atoms. The second-order valence-corrected chi connectivity index (χ2v) is 8.35. The second kappa shape index (κ2) is 8.37. The summed E-state index contributed by atoms with van der Waals surface area (Å²) in [4.78, 5) is 27.9. The van der Waals surface area contributed by atoms with Crippen LogP contribution in [0.25, 0.3) is 11.1 Å². The SMILES string of the molecule is COC(=O)CCC(=O)N1CCC2(CN(Cc3ccc(-c4ccccc4)cc3)C2)C1. The molecular formula is C24H28N2O3. The molecule has 0 N–H and O–H groups in total. The number of nitrogens with zero attached hydrogens (tertiary/aromatic N) is 2. The molecule has 0 bridgehead atoms. The van der Waals surface area contributed by atoms with Crippen molar-refractivity contribution in [3.63, 3.8) is 0 Å². The molecule has 5 nitrogen and oxygen atoms in total. The summed E-state index contributed by atoms with van der Waals surface area (Å²) in [5.41, 5.74) is 4.05. The summed E-state index contributed by atoms with van der Waals surface area (Å²) in [5, 5.41) is 0. The van der Waals surface area contributed by atoms with Crippen molar-refractivity contribution in [2.75, 3.05) is 33.3 Å². The minimum Gasteiger partial charge on any atom is -0.469 e. The Balaban J connectivity index is 1.25. The molecule has 0 aliphatic carbocycles. The summed E-state index contributed by atoms with van der Waals surface area (Å²) in [6.07, 6.45) is 1.48. The maximum Gasteiger partial charge on any atom is 0.306 e. The zero-order valence-corrected chi connectivity index (χ0v) is 17.0. The Hall–Kier alpha value is -2.66. The molecule has 0 aromatic heterocycles. The van der Waals surface area contributed by atoms with Gasteiger partial charge in [-0.25, -0.2) is 0 Å². The molecule has 2 fully saturated rings. The van der Waals surface area contributed by atoms with Gasteiger partial charge in [-0.05, 0) is 23.1 Å². The third kappa shape index (κ3) is 4.51. The lowest BCUT2D eigenvalue weighted by molar-refractivity contribution is -0.143. The van der Waals surface area contributed by atoms with E-state index in [4.69, 9.17) is 0 Å². The van der Waals surface area contributed by atoms with Gasteiger partial charge in [0.15, 0.2) is 0 Å². The molecule has 2 aromatic rings. The van der Waals surface area contributed by atoms with Gasteiger partial charge in [0.25, 0.3) is 0 Å². The minimum absolute atomic E-state index is 0.0715. The van der Waals surface area contributed by atoms with Gasteiger partial charge < -0.3 is 9.64 Å². The first kappa shape index (κ1) is 19.6. The third-order valence-corrected chi connectivity index (χ3v) is 6.15. The van der Waals surface area contributed by atoms with E-state index in [0.717, 1.165) is 39.1 Å². The Morgan fingerprint density at radius 3 is 2.31 bits per heavy atom. The molecule has 2 saturated heterocycles. The third-order valence-electron chi connectivity index (χ3n) is 6.15. The van der Waals surface area contributed by atoms with E-state index in [9.17, 15) is 9.59 Å². The number of carbonyl (C=O) groups excluding carboxylic acids is 2. The van der Waals surface area contributed by atoms with Gasteiger partial charge in [0.1, 0.15) is 0 Å². The van der Waals surface area contributed by atoms with Crippen LogP contribution in [0.1, 0.15) is 24.8 Å². The van der Waals surface area contributed by atoms with E-state index in [-0.39, 0.29) is 30.1 Å². The molecule has 5 heteroatoms. The van der Waals surface area contributed by atoms with E-state index >= 15 is 0 Å². The lowest BCUT2D eigenvalue weighted by Gasteiger charge is -2.48. The van der Waals surface area contributed by atoms with Crippen molar-refractivity contribution in [1.29, 1.82) is 0 Å². The molecule has 2 aromatic carbocycles. The van der Waals surface area contributed by atoms with Crippen LogP contribution >= 0.6 is 0 Å². The molecule has 0 saturated carbocycles. The molecule has 152 valence electrons. The first-order valence-corrected chi connectivity index (χ1v) is 10.3. The summed E-state index contributed by atoms with van der Waals surface area (Å²) in [6, 6.07) is 19.2. The van der Waals surface area contributed by atoms with Gasteiger partial charge in [-0.3, -0.25) is 14.5 Å². The average Bonchev–Trinajstić information content (AvgIpc) is 3.18. The summed E-state index contributed by atoms with van der Waals surface area (Å²) < 4.78 is 4.62. The number of likely N-dealkylation sites (tertiary alicyclic amines) is 2. The van der Waals surface area contributed by atoms with Crippen molar-refractivity contribution in [3.8, 4) is 11.1 Å². The number of hydrogen-bond donors (Lipinski definition) is 0. The zero-order chi connectivity index (χ0) is 20.3.